The van der Waals surface area contributed by atoms with Crippen LogP contribution >= 0.6 is 0 Å². The van der Waals surface area contributed by atoms with Crippen LogP contribution in [0.3, 0.4) is 0 Å². The van der Waals surface area contributed by atoms with Crippen molar-refractivity contribution in [2.75, 3.05) is 13.1 Å². The molecule has 0 aliphatic carbocycles. The maximum absolute atomic E-state index is 10.8. The molecule has 1 aliphatic heterocycles. The first-order chi connectivity index (χ1) is 8.51. The molecule has 100 valence electrons. The minimum absolute atomic E-state index is 0.364. The van der Waals surface area contributed by atoms with Gasteiger partial charge in [0.15, 0.2) is 0 Å². The summed E-state index contributed by atoms with van der Waals surface area (Å²) in [5.74, 6) is 0.909. The summed E-state index contributed by atoms with van der Waals surface area (Å²) in [5.41, 5.74) is 1.69. The van der Waals surface area contributed by atoms with Gasteiger partial charge < -0.3 is 10.4 Å². The van der Waals surface area contributed by atoms with Gasteiger partial charge in [-0.05, 0) is 55.8 Å². The van der Waals surface area contributed by atoms with Gasteiger partial charge in [0.1, 0.15) is 0 Å². The van der Waals surface area contributed by atoms with E-state index in [2.05, 4.69) is 43.4 Å². The van der Waals surface area contributed by atoms with E-state index >= 15 is 0 Å². The van der Waals surface area contributed by atoms with Gasteiger partial charge in [0, 0.05) is 0 Å². The standard InChI is InChI=1S/C16H25NO/c1-12(2)13-4-6-14(7-5-13)16(3,18)15-8-10-17-11-9-15/h4-7,12,15,17-18H,8-11H2,1-3H3. The average Bonchev–Trinajstić information content (AvgIpc) is 2.40. The van der Waals surface area contributed by atoms with Crippen LogP contribution in [-0.4, -0.2) is 18.2 Å². The largest absolute Gasteiger partial charge is 0.385 e. The predicted octanol–water partition coefficient (Wildman–Crippen LogP) is 3.02. The van der Waals surface area contributed by atoms with Crippen LogP contribution in [0.2, 0.25) is 0 Å². The molecule has 2 heteroatoms. The van der Waals surface area contributed by atoms with Crippen molar-refractivity contribution in [2.24, 2.45) is 5.92 Å². The summed E-state index contributed by atoms with van der Waals surface area (Å²) in [4.78, 5) is 0. The van der Waals surface area contributed by atoms with E-state index in [1.54, 1.807) is 0 Å². The molecule has 1 aromatic rings. The van der Waals surface area contributed by atoms with Gasteiger partial charge in [-0.1, -0.05) is 38.1 Å². The molecule has 1 aliphatic rings. The second kappa shape index (κ2) is 5.41. The van der Waals surface area contributed by atoms with Crippen molar-refractivity contribution in [1.29, 1.82) is 0 Å². The van der Waals surface area contributed by atoms with Gasteiger partial charge in [0.2, 0.25) is 0 Å². The molecule has 1 aromatic carbocycles. The number of hydrogen-bond acceptors (Lipinski definition) is 2. The molecule has 1 heterocycles. The first kappa shape index (κ1) is 13.6. The SMILES string of the molecule is CC(C)c1ccc(C(C)(O)C2CCNCC2)cc1. The Morgan fingerprint density at radius 3 is 2.22 bits per heavy atom. The van der Waals surface area contributed by atoms with Crippen LogP contribution < -0.4 is 5.32 Å². The Hall–Kier alpha value is -0.860. The Kier molecular flexibility index (Phi) is 4.08. The Labute approximate surface area is 110 Å². The van der Waals surface area contributed by atoms with Gasteiger partial charge in [-0.25, -0.2) is 0 Å². The van der Waals surface area contributed by atoms with Crippen molar-refractivity contribution in [3.05, 3.63) is 35.4 Å². The number of piperidine rings is 1. The van der Waals surface area contributed by atoms with Gasteiger partial charge >= 0.3 is 0 Å². The molecule has 0 amide bonds. The van der Waals surface area contributed by atoms with Crippen LogP contribution in [0.15, 0.2) is 24.3 Å². The highest BCUT2D eigenvalue weighted by Crippen LogP contribution is 2.35. The van der Waals surface area contributed by atoms with Crippen molar-refractivity contribution < 1.29 is 5.11 Å². The normalized spacial score (nSPS) is 20.9. The van der Waals surface area contributed by atoms with E-state index < -0.39 is 5.60 Å². The quantitative estimate of drug-likeness (QED) is 0.860. The third kappa shape index (κ3) is 2.76. The van der Waals surface area contributed by atoms with Crippen LogP contribution in [0, 0.1) is 5.92 Å². The van der Waals surface area contributed by atoms with Gasteiger partial charge in [-0.15, -0.1) is 0 Å². The lowest BCUT2D eigenvalue weighted by molar-refractivity contribution is -0.0186. The Bertz CT molecular complexity index is 375. The summed E-state index contributed by atoms with van der Waals surface area (Å²) in [7, 11) is 0. The van der Waals surface area contributed by atoms with E-state index in [9.17, 15) is 5.11 Å². The Morgan fingerprint density at radius 1 is 1.17 bits per heavy atom. The molecule has 1 saturated heterocycles. The molecule has 0 bridgehead atoms. The first-order valence-corrected chi connectivity index (χ1v) is 7.05. The molecule has 18 heavy (non-hydrogen) atoms. The zero-order valence-electron chi connectivity index (χ0n) is 11.7. The summed E-state index contributed by atoms with van der Waals surface area (Å²) < 4.78 is 0. The van der Waals surface area contributed by atoms with Crippen molar-refractivity contribution >= 4 is 0 Å². The molecule has 1 atom stereocenters. The van der Waals surface area contributed by atoms with Crippen LogP contribution in [0.1, 0.15) is 50.7 Å². The zero-order valence-corrected chi connectivity index (χ0v) is 11.7. The zero-order chi connectivity index (χ0) is 13.2. The van der Waals surface area contributed by atoms with E-state index in [0.29, 0.717) is 11.8 Å². The smallest absolute Gasteiger partial charge is 0.0897 e. The molecule has 1 fully saturated rings. The van der Waals surface area contributed by atoms with Crippen LogP contribution in [-0.2, 0) is 5.60 Å². The van der Waals surface area contributed by atoms with E-state index in [-0.39, 0.29) is 0 Å². The fourth-order valence-electron chi connectivity index (χ4n) is 2.83. The van der Waals surface area contributed by atoms with Crippen LogP contribution in [0.4, 0.5) is 0 Å². The molecular formula is C16H25NO. The van der Waals surface area contributed by atoms with Crippen molar-refractivity contribution in [2.45, 2.75) is 45.1 Å². The van der Waals surface area contributed by atoms with E-state index in [4.69, 9.17) is 0 Å². The average molecular weight is 247 g/mol. The van der Waals surface area contributed by atoms with Crippen LogP contribution in [0.25, 0.3) is 0 Å². The minimum atomic E-state index is -0.697. The van der Waals surface area contributed by atoms with E-state index in [0.717, 1.165) is 31.5 Å². The molecule has 0 spiro atoms. The second-order valence-electron chi connectivity index (χ2n) is 5.95. The lowest BCUT2D eigenvalue weighted by Gasteiger charge is -2.36. The van der Waals surface area contributed by atoms with Crippen LogP contribution in [0.5, 0.6) is 0 Å². The molecule has 2 nitrogen and oxygen atoms in total. The number of aliphatic hydroxyl groups is 1. The molecule has 0 radical (unpaired) electrons. The lowest BCUT2D eigenvalue weighted by atomic mass is 9.77. The highest BCUT2D eigenvalue weighted by Gasteiger charge is 2.34. The van der Waals surface area contributed by atoms with Gasteiger partial charge in [0.05, 0.1) is 5.60 Å². The lowest BCUT2D eigenvalue weighted by Crippen LogP contribution is -2.39. The maximum Gasteiger partial charge on any atom is 0.0897 e. The van der Waals surface area contributed by atoms with Gasteiger partial charge in [0.25, 0.3) is 0 Å². The fraction of sp³-hybridized carbons (Fsp3) is 0.625. The minimum Gasteiger partial charge on any atom is -0.385 e. The highest BCUT2D eigenvalue weighted by atomic mass is 16.3. The summed E-state index contributed by atoms with van der Waals surface area (Å²) in [5, 5.41) is 14.2. The number of benzene rings is 1. The van der Waals surface area contributed by atoms with Gasteiger partial charge in [-0.3, -0.25) is 0 Å². The molecule has 2 rings (SSSR count). The predicted molar refractivity (Wildman–Crippen MR) is 75.7 cm³/mol. The maximum atomic E-state index is 10.8. The molecule has 0 saturated carbocycles. The molecular weight excluding hydrogens is 222 g/mol. The molecule has 0 aromatic heterocycles. The molecule has 2 N–H and O–H groups in total. The number of nitrogens with one attached hydrogen (secondary N) is 1. The summed E-state index contributed by atoms with van der Waals surface area (Å²) in [6, 6.07) is 8.49. The summed E-state index contributed by atoms with van der Waals surface area (Å²) in [6.07, 6.45) is 2.11. The topological polar surface area (TPSA) is 32.3 Å². The van der Waals surface area contributed by atoms with Gasteiger partial charge in [-0.2, -0.15) is 0 Å². The Balaban J connectivity index is 2.17. The van der Waals surface area contributed by atoms with Crippen molar-refractivity contribution in [3.63, 3.8) is 0 Å². The summed E-state index contributed by atoms with van der Waals surface area (Å²) in [6.45, 7) is 8.39. The van der Waals surface area contributed by atoms with Crippen molar-refractivity contribution in [1.82, 2.24) is 5.32 Å². The number of hydrogen-bond donors (Lipinski definition) is 2. The third-order valence-electron chi connectivity index (χ3n) is 4.30. The van der Waals surface area contributed by atoms with E-state index in [1.807, 2.05) is 6.92 Å². The number of rotatable bonds is 3. The second-order valence-corrected chi connectivity index (χ2v) is 5.95. The first-order valence-electron chi connectivity index (χ1n) is 7.05. The summed E-state index contributed by atoms with van der Waals surface area (Å²) >= 11 is 0. The Morgan fingerprint density at radius 2 is 1.72 bits per heavy atom. The van der Waals surface area contributed by atoms with E-state index in [1.165, 1.54) is 5.56 Å². The van der Waals surface area contributed by atoms with Crippen molar-refractivity contribution in [3.8, 4) is 0 Å². The monoisotopic (exact) mass is 247 g/mol. The molecule has 1 unspecified atom stereocenters. The third-order valence-corrected chi connectivity index (χ3v) is 4.30. The fourth-order valence-corrected chi connectivity index (χ4v) is 2.83. The highest BCUT2D eigenvalue weighted by molar-refractivity contribution is 5.29.